The van der Waals surface area contributed by atoms with Gasteiger partial charge >= 0.3 is 0 Å². The van der Waals surface area contributed by atoms with Crippen LogP contribution in [0.15, 0.2) is 36.7 Å². The lowest BCUT2D eigenvalue weighted by Gasteiger charge is -2.27. The van der Waals surface area contributed by atoms with Gasteiger partial charge in [-0.1, -0.05) is 12.1 Å². The van der Waals surface area contributed by atoms with Gasteiger partial charge in [-0.25, -0.2) is 9.97 Å². The molecule has 0 bridgehead atoms. The number of benzene rings is 1. The van der Waals surface area contributed by atoms with E-state index in [1.165, 1.54) is 19.3 Å². The van der Waals surface area contributed by atoms with Crippen molar-refractivity contribution < 1.29 is 9.53 Å². The molecule has 1 fully saturated rings. The van der Waals surface area contributed by atoms with Gasteiger partial charge in [0.05, 0.1) is 19.5 Å². The van der Waals surface area contributed by atoms with Crippen LogP contribution in [0.2, 0.25) is 0 Å². The van der Waals surface area contributed by atoms with Gasteiger partial charge in [-0.2, -0.15) is 0 Å². The van der Waals surface area contributed by atoms with Gasteiger partial charge in [0.15, 0.2) is 0 Å². The van der Waals surface area contributed by atoms with Crippen LogP contribution in [0.4, 0.5) is 5.82 Å². The summed E-state index contributed by atoms with van der Waals surface area (Å²) in [5.41, 5.74) is 1.50. The molecular weight excluding hydrogens is 316 g/mol. The normalized spacial score (nSPS) is 14.2. The zero-order chi connectivity index (χ0) is 17.5. The number of carbonyl (C=O) groups excluding carboxylic acids is 1. The lowest BCUT2D eigenvalue weighted by atomic mass is 10.1. The molecule has 6 heteroatoms. The quantitative estimate of drug-likeness (QED) is 0.875. The molecule has 1 N–H and O–H groups in total. The lowest BCUT2D eigenvalue weighted by Crippen LogP contribution is -2.31. The number of methoxy groups -OCH3 is 1. The van der Waals surface area contributed by atoms with Gasteiger partial charge in [-0.15, -0.1) is 0 Å². The van der Waals surface area contributed by atoms with E-state index in [0.29, 0.717) is 12.2 Å². The first-order valence-electron chi connectivity index (χ1n) is 8.74. The number of anilines is 1. The summed E-state index contributed by atoms with van der Waals surface area (Å²) in [6, 6.07) is 7.83. The maximum Gasteiger partial charge on any atom is 0.271 e. The van der Waals surface area contributed by atoms with E-state index in [1.54, 1.807) is 19.5 Å². The summed E-state index contributed by atoms with van der Waals surface area (Å²) < 4.78 is 5.13. The fraction of sp³-hybridized carbons (Fsp3) is 0.421. The number of carbonyl (C=O) groups is 1. The Bertz CT molecular complexity index is 680. The first-order chi connectivity index (χ1) is 12.3. The minimum atomic E-state index is -0.189. The molecule has 1 aromatic heterocycles. The van der Waals surface area contributed by atoms with Crippen LogP contribution in [-0.2, 0) is 6.42 Å². The van der Waals surface area contributed by atoms with Gasteiger partial charge in [-0.05, 0) is 43.4 Å². The predicted octanol–water partition coefficient (Wildman–Crippen LogP) is 2.45. The Kier molecular flexibility index (Phi) is 5.82. The van der Waals surface area contributed by atoms with Crippen molar-refractivity contribution in [2.75, 3.05) is 31.6 Å². The third kappa shape index (κ3) is 4.68. The summed E-state index contributed by atoms with van der Waals surface area (Å²) >= 11 is 0. The van der Waals surface area contributed by atoms with Crippen molar-refractivity contribution in [3.05, 3.63) is 47.9 Å². The summed E-state index contributed by atoms with van der Waals surface area (Å²) in [6.07, 6.45) is 7.68. The van der Waals surface area contributed by atoms with Crippen molar-refractivity contribution in [2.45, 2.75) is 25.7 Å². The van der Waals surface area contributed by atoms with Crippen LogP contribution in [0.3, 0.4) is 0 Å². The van der Waals surface area contributed by atoms with Crippen molar-refractivity contribution in [3.63, 3.8) is 0 Å². The molecular formula is C19H24N4O2. The molecule has 1 amide bonds. The lowest BCUT2D eigenvalue weighted by molar-refractivity contribution is 0.0949. The minimum Gasteiger partial charge on any atom is -0.497 e. The highest BCUT2D eigenvalue weighted by atomic mass is 16.5. The average Bonchev–Trinajstić information content (AvgIpc) is 2.69. The second-order valence-electron chi connectivity index (χ2n) is 6.16. The number of nitrogens with one attached hydrogen (secondary N) is 1. The maximum atomic E-state index is 12.2. The van der Waals surface area contributed by atoms with Gasteiger partial charge in [0.1, 0.15) is 17.3 Å². The first-order valence-corrected chi connectivity index (χ1v) is 8.74. The zero-order valence-corrected chi connectivity index (χ0v) is 14.6. The van der Waals surface area contributed by atoms with E-state index in [0.717, 1.165) is 36.6 Å². The fourth-order valence-corrected chi connectivity index (χ4v) is 2.93. The maximum absolute atomic E-state index is 12.2. The standard InChI is InChI=1S/C19H24N4O2/c1-25-16-7-5-15(6-8-16)9-10-20-19(24)17-13-22-18(14-21-17)23-11-3-2-4-12-23/h5-8,13-14H,2-4,9-12H2,1H3,(H,20,24). The minimum absolute atomic E-state index is 0.189. The number of nitrogens with zero attached hydrogens (tertiary/aromatic N) is 3. The smallest absolute Gasteiger partial charge is 0.271 e. The molecule has 1 aromatic carbocycles. The van der Waals surface area contributed by atoms with Gasteiger partial charge in [0, 0.05) is 19.6 Å². The molecule has 0 aliphatic carbocycles. The molecule has 1 aliphatic rings. The molecule has 0 atom stereocenters. The molecule has 3 rings (SSSR count). The third-order valence-corrected chi connectivity index (χ3v) is 4.41. The Morgan fingerprint density at radius 3 is 2.52 bits per heavy atom. The third-order valence-electron chi connectivity index (χ3n) is 4.41. The Morgan fingerprint density at radius 2 is 1.88 bits per heavy atom. The van der Waals surface area contributed by atoms with E-state index in [1.807, 2.05) is 24.3 Å². The molecule has 132 valence electrons. The first kappa shape index (κ1) is 17.2. The van der Waals surface area contributed by atoms with Crippen molar-refractivity contribution in [2.24, 2.45) is 0 Å². The molecule has 0 radical (unpaired) electrons. The summed E-state index contributed by atoms with van der Waals surface area (Å²) in [4.78, 5) is 23.1. The molecule has 0 saturated carbocycles. The highest BCUT2D eigenvalue weighted by molar-refractivity contribution is 5.92. The molecule has 1 saturated heterocycles. The number of rotatable bonds is 6. The summed E-state index contributed by atoms with van der Waals surface area (Å²) in [5.74, 6) is 1.50. The van der Waals surface area contributed by atoms with Crippen molar-refractivity contribution in [1.82, 2.24) is 15.3 Å². The van der Waals surface area contributed by atoms with Crippen LogP contribution >= 0.6 is 0 Å². The Labute approximate surface area is 148 Å². The van der Waals surface area contributed by atoms with E-state index >= 15 is 0 Å². The summed E-state index contributed by atoms with van der Waals surface area (Å²) in [6.45, 7) is 2.59. The fourth-order valence-electron chi connectivity index (χ4n) is 2.93. The molecule has 25 heavy (non-hydrogen) atoms. The second-order valence-corrected chi connectivity index (χ2v) is 6.16. The number of hydrogen-bond donors (Lipinski definition) is 1. The largest absolute Gasteiger partial charge is 0.497 e. The van der Waals surface area contributed by atoms with Gasteiger partial charge in [0.25, 0.3) is 5.91 Å². The molecule has 6 nitrogen and oxygen atoms in total. The average molecular weight is 340 g/mol. The van der Waals surface area contributed by atoms with E-state index in [9.17, 15) is 4.79 Å². The predicted molar refractivity (Wildman–Crippen MR) is 97.1 cm³/mol. The number of ether oxygens (including phenoxy) is 1. The van der Waals surface area contributed by atoms with Gasteiger partial charge in [-0.3, -0.25) is 4.79 Å². The van der Waals surface area contributed by atoms with Crippen molar-refractivity contribution in [3.8, 4) is 5.75 Å². The van der Waals surface area contributed by atoms with Crippen LogP contribution in [0.5, 0.6) is 5.75 Å². The number of hydrogen-bond acceptors (Lipinski definition) is 5. The topological polar surface area (TPSA) is 67.3 Å². The Balaban J connectivity index is 1.48. The second kappa shape index (κ2) is 8.46. The summed E-state index contributed by atoms with van der Waals surface area (Å²) in [7, 11) is 1.65. The molecule has 1 aliphatic heterocycles. The van der Waals surface area contributed by atoms with Gasteiger partial charge < -0.3 is 15.0 Å². The number of amides is 1. The van der Waals surface area contributed by atoms with Crippen LogP contribution < -0.4 is 15.0 Å². The van der Waals surface area contributed by atoms with E-state index in [2.05, 4.69) is 20.2 Å². The van der Waals surface area contributed by atoms with Crippen LogP contribution in [0, 0.1) is 0 Å². The zero-order valence-electron chi connectivity index (χ0n) is 14.6. The molecule has 2 aromatic rings. The van der Waals surface area contributed by atoms with Crippen LogP contribution in [-0.4, -0.2) is 42.6 Å². The van der Waals surface area contributed by atoms with Crippen LogP contribution in [0.1, 0.15) is 35.3 Å². The highest BCUT2D eigenvalue weighted by Crippen LogP contribution is 2.16. The molecule has 2 heterocycles. The van der Waals surface area contributed by atoms with Crippen molar-refractivity contribution >= 4 is 11.7 Å². The Morgan fingerprint density at radius 1 is 1.12 bits per heavy atom. The van der Waals surface area contributed by atoms with Gasteiger partial charge in [0.2, 0.25) is 0 Å². The number of aromatic nitrogens is 2. The van der Waals surface area contributed by atoms with E-state index in [-0.39, 0.29) is 5.91 Å². The molecule has 0 unspecified atom stereocenters. The highest BCUT2D eigenvalue weighted by Gasteiger charge is 2.14. The van der Waals surface area contributed by atoms with E-state index in [4.69, 9.17) is 4.74 Å². The molecule has 0 spiro atoms. The summed E-state index contributed by atoms with van der Waals surface area (Å²) in [5, 5.41) is 2.89. The Hall–Kier alpha value is -2.63. The van der Waals surface area contributed by atoms with Crippen molar-refractivity contribution in [1.29, 1.82) is 0 Å². The number of piperidine rings is 1. The SMILES string of the molecule is COc1ccc(CCNC(=O)c2cnc(N3CCCCC3)cn2)cc1. The monoisotopic (exact) mass is 340 g/mol. The van der Waals surface area contributed by atoms with E-state index < -0.39 is 0 Å². The van der Waals surface area contributed by atoms with Crippen LogP contribution in [0.25, 0.3) is 0 Å².